The average molecular weight is 388 g/mol. The van der Waals surface area contributed by atoms with E-state index >= 15 is 0 Å². The molecule has 2 unspecified atom stereocenters. The van der Waals surface area contributed by atoms with Crippen LogP contribution in [0, 0.1) is 11.8 Å². The van der Waals surface area contributed by atoms with Crippen molar-refractivity contribution >= 4 is 15.7 Å². The molecule has 144 valence electrons. The van der Waals surface area contributed by atoms with E-state index in [1.165, 1.54) is 7.11 Å². The van der Waals surface area contributed by atoms with Gasteiger partial charge in [0.15, 0.2) is 9.84 Å². The fourth-order valence-electron chi connectivity index (χ4n) is 3.17. The van der Waals surface area contributed by atoms with Gasteiger partial charge in [0, 0.05) is 12.5 Å². The lowest BCUT2D eigenvalue weighted by atomic mass is 10.1. The summed E-state index contributed by atoms with van der Waals surface area (Å²) in [5.41, 5.74) is 0.660. The van der Waals surface area contributed by atoms with Crippen LogP contribution in [0.2, 0.25) is 0 Å². The van der Waals surface area contributed by atoms with Crippen molar-refractivity contribution in [2.75, 3.05) is 13.7 Å². The topological polar surface area (TPSA) is 72.5 Å². The van der Waals surface area contributed by atoms with E-state index in [1.54, 1.807) is 48.5 Å². The normalized spacial score (nSPS) is 16.4. The number of methoxy groups -OCH3 is 1. The quantitative estimate of drug-likeness (QED) is 0.754. The zero-order valence-corrected chi connectivity index (χ0v) is 16.4. The molecule has 0 aromatic heterocycles. The number of ether oxygens (including phenoxy) is 1. The van der Waals surface area contributed by atoms with Gasteiger partial charge < -0.3 is 10.1 Å². The molecule has 1 N–H and O–H groups in total. The number of hydrogen-bond acceptors (Lipinski definition) is 4. The van der Waals surface area contributed by atoms with Crippen LogP contribution in [0.4, 0.5) is 0 Å². The summed E-state index contributed by atoms with van der Waals surface area (Å²) < 4.78 is 31.6. The summed E-state index contributed by atoms with van der Waals surface area (Å²) in [5, 5.41) is 2.01. The van der Waals surface area contributed by atoms with Crippen LogP contribution in [-0.4, -0.2) is 28.0 Å². The van der Waals surface area contributed by atoms with Crippen LogP contribution in [0.5, 0.6) is 5.75 Å². The Hall–Kier alpha value is -2.34. The molecule has 0 aliphatic heterocycles. The van der Waals surface area contributed by atoms with Crippen LogP contribution in [0.1, 0.15) is 30.6 Å². The molecule has 2 aromatic carbocycles. The van der Waals surface area contributed by atoms with Gasteiger partial charge in [-0.05, 0) is 48.6 Å². The number of hydrogen-bond donors (Lipinski definition) is 1. The van der Waals surface area contributed by atoms with Crippen molar-refractivity contribution in [1.82, 2.24) is 5.32 Å². The maximum absolute atomic E-state index is 13.3. The van der Waals surface area contributed by atoms with Gasteiger partial charge in [0.1, 0.15) is 11.0 Å². The average Bonchev–Trinajstić information content (AvgIpc) is 3.53. The van der Waals surface area contributed by atoms with Gasteiger partial charge >= 0.3 is 0 Å². The Morgan fingerprint density at radius 2 is 1.74 bits per heavy atom. The third-order valence-corrected chi connectivity index (χ3v) is 7.26. The first-order valence-electron chi connectivity index (χ1n) is 9.14. The second-order valence-corrected chi connectivity index (χ2v) is 9.12. The van der Waals surface area contributed by atoms with Gasteiger partial charge in [0.05, 0.1) is 12.0 Å². The molecular weight excluding hydrogens is 362 g/mol. The molecule has 0 spiro atoms. The van der Waals surface area contributed by atoms with Gasteiger partial charge in [0.25, 0.3) is 0 Å². The highest BCUT2D eigenvalue weighted by Gasteiger charge is 2.34. The van der Waals surface area contributed by atoms with Gasteiger partial charge in [-0.1, -0.05) is 37.3 Å². The number of benzene rings is 2. The van der Waals surface area contributed by atoms with E-state index in [-0.39, 0.29) is 23.3 Å². The Bertz CT molecular complexity index is 874. The molecule has 1 saturated carbocycles. The smallest absolute Gasteiger partial charge is 0.223 e. The van der Waals surface area contributed by atoms with E-state index in [0.29, 0.717) is 17.2 Å². The van der Waals surface area contributed by atoms with Crippen LogP contribution >= 0.6 is 0 Å². The van der Waals surface area contributed by atoms with Crippen molar-refractivity contribution in [3.05, 3.63) is 60.2 Å². The van der Waals surface area contributed by atoms with E-state index in [2.05, 4.69) is 5.32 Å². The molecule has 0 heterocycles. The minimum Gasteiger partial charge on any atom is -0.497 e. The number of sulfone groups is 1. The van der Waals surface area contributed by atoms with Crippen molar-refractivity contribution in [1.29, 1.82) is 0 Å². The zero-order chi connectivity index (χ0) is 19.4. The van der Waals surface area contributed by atoms with E-state index in [9.17, 15) is 13.2 Å². The van der Waals surface area contributed by atoms with E-state index < -0.39 is 15.1 Å². The van der Waals surface area contributed by atoms with Gasteiger partial charge in [-0.3, -0.25) is 4.79 Å². The standard InChI is InChI=1S/C21H25NO4S/c1-15(16-8-9-16)21(23)22-14-20(17-6-4-3-5-7-17)27(24,25)19-12-10-18(26-2)11-13-19/h3-7,10-13,15-16,20H,8-9,14H2,1-2H3,(H,22,23). The molecule has 3 rings (SSSR count). The second kappa shape index (κ2) is 8.13. The predicted octanol–water partition coefficient (Wildman–Crippen LogP) is 3.37. The maximum Gasteiger partial charge on any atom is 0.223 e. The molecular formula is C21H25NO4S. The molecule has 2 aromatic rings. The highest BCUT2D eigenvalue weighted by atomic mass is 32.2. The van der Waals surface area contributed by atoms with Crippen LogP contribution in [0.15, 0.2) is 59.5 Å². The summed E-state index contributed by atoms with van der Waals surface area (Å²) >= 11 is 0. The first-order chi connectivity index (χ1) is 12.9. The number of nitrogens with one attached hydrogen (secondary N) is 1. The van der Waals surface area contributed by atoms with Gasteiger partial charge in [0.2, 0.25) is 5.91 Å². The Morgan fingerprint density at radius 1 is 1.11 bits per heavy atom. The summed E-state index contributed by atoms with van der Waals surface area (Å²) in [6.45, 7) is 1.96. The highest BCUT2D eigenvalue weighted by molar-refractivity contribution is 7.91. The first-order valence-corrected chi connectivity index (χ1v) is 10.7. The Balaban J connectivity index is 1.85. The van der Waals surface area contributed by atoms with E-state index in [0.717, 1.165) is 12.8 Å². The van der Waals surface area contributed by atoms with Crippen LogP contribution in [0.3, 0.4) is 0 Å². The number of amides is 1. The summed E-state index contributed by atoms with van der Waals surface area (Å²) in [5.74, 6) is 0.864. The lowest BCUT2D eigenvalue weighted by Gasteiger charge is -2.20. The number of carbonyl (C=O) groups excluding carboxylic acids is 1. The fraction of sp³-hybridized carbons (Fsp3) is 0.381. The Labute approximate surface area is 160 Å². The molecule has 2 atom stereocenters. The summed E-state index contributed by atoms with van der Waals surface area (Å²) in [6.07, 6.45) is 2.14. The largest absolute Gasteiger partial charge is 0.497 e. The lowest BCUT2D eigenvalue weighted by Crippen LogP contribution is -2.35. The van der Waals surface area contributed by atoms with Crippen molar-refractivity contribution in [2.24, 2.45) is 11.8 Å². The monoisotopic (exact) mass is 387 g/mol. The zero-order valence-electron chi connectivity index (χ0n) is 15.6. The van der Waals surface area contributed by atoms with E-state index in [4.69, 9.17) is 4.74 Å². The maximum atomic E-state index is 13.3. The van der Waals surface area contributed by atoms with Gasteiger partial charge in [-0.25, -0.2) is 8.42 Å². The first kappa shape index (κ1) is 19.4. The number of carbonyl (C=O) groups is 1. The molecule has 1 aliphatic carbocycles. The Kier molecular flexibility index (Phi) is 5.85. The molecule has 5 nitrogen and oxygen atoms in total. The van der Waals surface area contributed by atoms with Gasteiger partial charge in [-0.15, -0.1) is 0 Å². The molecule has 0 bridgehead atoms. The van der Waals surface area contributed by atoms with Crippen LogP contribution in [0.25, 0.3) is 0 Å². The second-order valence-electron chi connectivity index (χ2n) is 6.99. The molecule has 0 saturated heterocycles. The highest BCUT2D eigenvalue weighted by Crippen LogP contribution is 2.37. The molecule has 1 aliphatic rings. The van der Waals surface area contributed by atoms with Crippen molar-refractivity contribution in [3.8, 4) is 5.75 Å². The van der Waals surface area contributed by atoms with E-state index in [1.807, 2.05) is 13.0 Å². The third kappa shape index (κ3) is 4.50. The molecule has 1 amide bonds. The summed E-state index contributed by atoms with van der Waals surface area (Å²) in [6, 6.07) is 15.3. The van der Waals surface area contributed by atoms with Crippen LogP contribution in [-0.2, 0) is 14.6 Å². The van der Waals surface area contributed by atoms with Crippen molar-refractivity contribution in [2.45, 2.75) is 29.9 Å². The molecule has 0 radical (unpaired) electrons. The molecule has 6 heteroatoms. The minimum atomic E-state index is -3.68. The van der Waals surface area contributed by atoms with Crippen LogP contribution < -0.4 is 10.1 Å². The SMILES string of the molecule is COc1ccc(S(=O)(=O)C(CNC(=O)C(C)C2CC2)c2ccccc2)cc1. The Morgan fingerprint density at radius 3 is 2.30 bits per heavy atom. The van der Waals surface area contributed by atoms with Gasteiger partial charge in [-0.2, -0.15) is 0 Å². The van der Waals surface area contributed by atoms with Crippen molar-refractivity contribution < 1.29 is 17.9 Å². The van der Waals surface area contributed by atoms with Crippen molar-refractivity contribution in [3.63, 3.8) is 0 Å². The fourth-order valence-corrected chi connectivity index (χ4v) is 4.83. The third-order valence-electron chi connectivity index (χ3n) is 5.14. The molecule has 1 fully saturated rings. The summed E-state index contributed by atoms with van der Waals surface area (Å²) in [7, 11) is -2.14. The lowest BCUT2D eigenvalue weighted by molar-refractivity contribution is -0.125. The minimum absolute atomic E-state index is 0.0499. The predicted molar refractivity (Wildman–Crippen MR) is 104 cm³/mol. The summed E-state index contributed by atoms with van der Waals surface area (Å²) in [4.78, 5) is 12.6. The molecule has 27 heavy (non-hydrogen) atoms. The number of rotatable bonds is 8.